The van der Waals surface area contributed by atoms with Crippen LogP contribution in [0.3, 0.4) is 0 Å². The number of aromatic amines is 1. The summed E-state index contributed by atoms with van der Waals surface area (Å²) in [6, 6.07) is 25.4. The van der Waals surface area contributed by atoms with Crippen molar-refractivity contribution >= 4 is 76.8 Å². The van der Waals surface area contributed by atoms with E-state index in [0.717, 1.165) is 19.9 Å². The van der Waals surface area contributed by atoms with E-state index in [4.69, 9.17) is 9.47 Å². The fourth-order valence-electron chi connectivity index (χ4n) is 4.20. The van der Waals surface area contributed by atoms with Crippen LogP contribution in [-0.2, 0) is 0 Å². The Kier molecular flexibility index (Phi) is 8.49. The van der Waals surface area contributed by atoms with Crippen LogP contribution < -0.4 is 14.9 Å². The van der Waals surface area contributed by atoms with E-state index in [9.17, 15) is 9.59 Å². The minimum Gasteiger partial charge on any atom is -0.495 e. The van der Waals surface area contributed by atoms with Crippen molar-refractivity contribution in [3.63, 3.8) is 0 Å². The summed E-state index contributed by atoms with van der Waals surface area (Å²) in [5.41, 5.74) is 6.02. The third kappa shape index (κ3) is 5.74. The molecule has 0 bridgehead atoms. The molecule has 40 heavy (non-hydrogen) atoms. The summed E-state index contributed by atoms with van der Waals surface area (Å²) in [7, 11) is 1.58. The number of nitrogens with zero attached hydrogens (tertiary/aromatic N) is 1. The van der Waals surface area contributed by atoms with Crippen LogP contribution in [0.2, 0.25) is 0 Å². The summed E-state index contributed by atoms with van der Waals surface area (Å²) in [6.07, 6.45) is 1.42. The van der Waals surface area contributed by atoms with Gasteiger partial charge in [0.05, 0.1) is 28.9 Å². The highest BCUT2D eigenvalue weighted by molar-refractivity contribution is 9.11. The summed E-state index contributed by atoms with van der Waals surface area (Å²) in [4.78, 5) is 29.4. The lowest BCUT2D eigenvalue weighted by Gasteiger charge is -2.10. The summed E-state index contributed by atoms with van der Waals surface area (Å²) in [5, 5.41) is 5.00. The van der Waals surface area contributed by atoms with Gasteiger partial charge in [-0.25, -0.2) is 10.2 Å². The second kappa shape index (κ2) is 12.2. The van der Waals surface area contributed by atoms with Gasteiger partial charge in [0, 0.05) is 25.5 Å². The first kappa shape index (κ1) is 27.8. The number of amides is 1. The molecule has 1 aromatic heterocycles. The van der Waals surface area contributed by atoms with Gasteiger partial charge in [0.25, 0.3) is 5.91 Å². The minimum atomic E-state index is -0.521. The Hall–Kier alpha value is -3.73. The Morgan fingerprint density at radius 2 is 1.60 bits per heavy atom. The Balaban J connectivity index is 1.48. The van der Waals surface area contributed by atoms with Crippen LogP contribution in [0.15, 0.2) is 103 Å². The number of fused-ring (bicyclic) bond motifs is 1. The van der Waals surface area contributed by atoms with Crippen LogP contribution in [0.25, 0.3) is 22.0 Å². The maximum absolute atomic E-state index is 13.5. The molecule has 10 heteroatoms. The number of halogens is 3. The first-order valence-corrected chi connectivity index (χ1v) is 14.3. The molecule has 0 aliphatic heterocycles. The number of methoxy groups -OCH3 is 1. The number of ether oxygens (including phenoxy) is 2. The van der Waals surface area contributed by atoms with Gasteiger partial charge in [0.2, 0.25) is 0 Å². The van der Waals surface area contributed by atoms with Crippen molar-refractivity contribution in [2.45, 2.75) is 0 Å². The molecule has 200 valence electrons. The van der Waals surface area contributed by atoms with E-state index in [1.54, 1.807) is 43.5 Å². The van der Waals surface area contributed by atoms with Crippen molar-refractivity contribution in [1.29, 1.82) is 0 Å². The Labute approximate surface area is 255 Å². The molecular weight excluding hydrogens is 706 g/mol. The van der Waals surface area contributed by atoms with E-state index >= 15 is 0 Å². The molecule has 0 radical (unpaired) electrons. The molecule has 0 unspecified atom stereocenters. The van der Waals surface area contributed by atoms with Gasteiger partial charge in [-0.2, -0.15) is 5.10 Å². The van der Waals surface area contributed by atoms with Crippen LogP contribution in [0.1, 0.15) is 26.4 Å². The number of aromatic nitrogens is 1. The number of rotatable bonds is 7. The van der Waals surface area contributed by atoms with Crippen molar-refractivity contribution < 1.29 is 19.1 Å². The first-order valence-electron chi connectivity index (χ1n) is 11.9. The molecule has 1 amide bonds. The minimum absolute atomic E-state index is 0.263. The molecule has 1 heterocycles. The van der Waals surface area contributed by atoms with Crippen molar-refractivity contribution in [3.05, 3.63) is 115 Å². The van der Waals surface area contributed by atoms with Crippen molar-refractivity contribution in [2.24, 2.45) is 5.10 Å². The molecule has 0 aliphatic rings. The van der Waals surface area contributed by atoms with Gasteiger partial charge in [0.1, 0.15) is 11.4 Å². The molecule has 0 fully saturated rings. The van der Waals surface area contributed by atoms with Crippen LogP contribution >= 0.6 is 47.8 Å². The van der Waals surface area contributed by atoms with Gasteiger partial charge < -0.3 is 14.5 Å². The van der Waals surface area contributed by atoms with Crippen LogP contribution in [0.4, 0.5) is 0 Å². The predicted molar refractivity (Wildman–Crippen MR) is 166 cm³/mol. The maximum Gasteiger partial charge on any atom is 0.343 e. The number of carbonyl (C=O) groups excluding carboxylic acids is 2. The van der Waals surface area contributed by atoms with Crippen LogP contribution in [-0.4, -0.2) is 30.2 Å². The van der Waals surface area contributed by atoms with Gasteiger partial charge in [-0.1, -0.05) is 80.4 Å². The molecule has 5 rings (SSSR count). The molecule has 0 saturated heterocycles. The average Bonchev–Trinajstić information content (AvgIpc) is 3.38. The SMILES string of the molecule is COc1ccc(Br)c2c(-c3ccccc3)c(C(=O)NN=Cc3cc(Br)cc(Br)c3OC(=O)c3ccccc3)[nH]c12. The van der Waals surface area contributed by atoms with Crippen molar-refractivity contribution in [2.75, 3.05) is 7.11 Å². The molecule has 5 aromatic rings. The summed E-state index contributed by atoms with van der Waals surface area (Å²) in [5.74, 6) is -0.120. The van der Waals surface area contributed by atoms with Crippen LogP contribution in [0, 0.1) is 0 Å². The fourth-order valence-corrected chi connectivity index (χ4v) is 6.07. The van der Waals surface area contributed by atoms with E-state index in [2.05, 4.69) is 63.3 Å². The summed E-state index contributed by atoms with van der Waals surface area (Å²) >= 11 is 10.5. The first-order chi connectivity index (χ1) is 19.4. The normalized spacial score (nSPS) is 11.1. The van der Waals surface area contributed by atoms with E-state index in [1.165, 1.54) is 6.21 Å². The number of hydrogen-bond donors (Lipinski definition) is 2. The molecular formula is C30H20Br3N3O4. The largest absolute Gasteiger partial charge is 0.495 e. The van der Waals surface area contributed by atoms with E-state index in [0.29, 0.717) is 38.1 Å². The quantitative estimate of drug-likeness (QED) is 0.0768. The molecule has 7 nitrogen and oxygen atoms in total. The topological polar surface area (TPSA) is 92.8 Å². The second-order valence-electron chi connectivity index (χ2n) is 8.50. The zero-order valence-electron chi connectivity index (χ0n) is 20.9. The highest BCUT2D eigenvalue weighted by Crippen LogP contribution is 2.41. The van der Waals surface area contributed by atoms with Crippen molar-refractivity contribution in [3.8, 4) is 22.6 Å². The van der Waals surface area contributed by atoms with Gasteiger partial charge in [-0.15, -0.1) is 0 Å². The van der Waals surface area contributed by atoms with Gasteiger partial charge >= 0.3 is 5.97 Å². The lowest BCUT2D eigenvalue weighted by molar-refractivity contribution is 0.0733. The van der Waals surface area contributed by atoms with E-state index < -0.39 is 11.9 Å². The highest BCUT2D eigenvalue weighted by atomic mass is 79.9. The van der Waals surface area contributed by atoms with E-state index in [-0.39, 0.29) is 5.75 Å². The van der Waals surface area contributed by atoms with E-state index in [1.807, 2.05) is 48.5 Å². The average molecular weight is 726 g/mol. The molecule has 0 atom stereocenters. The van der Waals surface area contributed by atoms with Gasteiger partial charge in [-0.05, 0) is 57.9 Å². The molecule has 0 aliphatic carbocycles. The Morgan fingerprint density at radius 3 is 2.30 bits per heavy atom. The maximum atomic E-state index is 13.5. The number of esters is 1. The number of H-pyrrole nitrogens is 1. The molecule has 4 aromatic carbocycles. The summed E-state index contributed by atoms with van der Waals surface area (Å²) in [6.45, 7) is 0. The molecule has 0 saturated carbocycles. The summed E-state index contributed by atoms with van der Waals surface area (Å²) < 4.78 is 13.3. The Bertz CT molecular complexity index is 1750. The predicted octanol–water partition coefficient (Wildman–Crippen LogP) is 8.11. The second-order valence-corrected chi connectivity index (χ2v) is 11.1. The third-order valence-corrected chi connectivity index (χ3v) is 7.69. The smallest absolute Gasteiger partial charge is 0.343 e. The highest BCUT2D eigenvalue weighted by Gasteiger charge is 2.23. The number of hydrogen-bond acceptors (Lipinski definition) is 5. The lowest BCUT2D eigenvalue weighted by atomic mass is 10.0. The van der Waals surface area contributed by atoms with Gasteiger partial charge in [0.15, 0.2) is 5.75 Å². The number of benzene rings is 4. The zero-order chi connectivity index (χ0) is 28.2. The molecule has 0 spiro atoms. The standard InChI is InChI=1S/C30H20Br3N3O4/c1-39-23-13-12-21(32)25-24(17-8-4-2-5-9-17)27(35-26(23)25)29(37)36-34-16-19-14-20(31)15-22(33)28(19)40-30(38)18-10-6-3-7-11-18/h2-16,35H,1H3,(H,36,37). The third-order valence-electron chi connectivity index (χ3n) is 5.99. The number of hydrazone groups is 1. The van der Waals surface area contributed by atoms with Crippen molar-refractivity contribution in [1.82, 2.24) is 10.4 Å². The zero-order valence-corrected chi connectivity index (χ0v) is 25.6. The lowest BCUT2D eigenvalue weighted by Crippen LogP contribution is -2.19. The van der Waals surface area contributed by atoms with Gasteiger partial charge in [-0.3, -0.25) is 4.79 Å². The number of nitrogens with one attached hydrogen (secondary N) is 2. The fraction of sp³-hybridized carbons (Fsp3) is 0.0333. The monoisotopic (exact) mass is 723 g/mol. The van der Waals surface area contributed by atoms with Crippen LogP contribution in [0.5, 0.6) is 11.5 Å². The number of carbonyl (C=O) groups is 2. The Morgan fingerprint density at radius 1 is 0.900 bits per heavy atom. The molecule has 2 N–H and O–H groups in total.